The van der Waals surface area contributed by atoms with Crippen LogP contribution in [0, 0.1) is 5.82 Å². The summed E-state index contributed by atoms with van der Waals surface area (Å²) < 4.78 is 17.0. The molecular weight excluding hydrogens is 510 g/mol. The van der Waals surface area contributed by atoms with Crippen LogP contribution in [0.1, 0.15) is 51.4 Å². The number of fused-ring (bicyclic) bond motifs is 1. The lowest BCUT2D eigenvalue weighted by molar-refractivity contribution is 0.508. The Morgan fingerprint density at radius 1 is 1.29 bits per heavy atom. The average Bonchev–Trinajstić information content (AvgIpc) is 3.05. The second kappa shape index (κ2) is 11.6. The number of hydrogen-bond acceptors (Lipinski definition) is 3. The van der Waals surface area contributed by atoms with Crippen molar-refractivity contribution in [2.24, 2.45) is 4.99 Å². The van der Waals surface area contributed by atoms with E-state index in [0.717, 1.165) is 56.1 Å². The summed E-state index contributed by atoms with van der Waals surface area (Å²) in [7, 11) is 0. The van der Waals surface area contributed by atoms with Crippen LogP contribution in [0.15, 0.2) is 34.1 Å². The highest BCUT2D eigenvalue weighted by atomic mass is 127. The first-order chi connectivity index (χ1) is 14.4. The summed E-state index contributed by atoms with van der Waals surface area (Å²) in [5, 5.41) is 11.0. The van der Waals surface area contributed by atoms with Crippen LogP contribution in [0.3, 0.4) is 0 Å². The maximum atomic E-state index is 13.6. The monoisotopic (exact) mass is 544 g/mol. The zero-order valence-corrected chi connectivity index (χ0v) is 21.0. The van der Waals surface area contributed by atoms with Gasteiger partial charge < -0.3 is 10.6 Å². The first kappa shape index (κ1) is 25.4. The van der Waals surface area contributed by atoms with Crippen molar-refractivity contribution in [3.05, 3.63) is 52.0 Å². The number of aromatic nitrogens is 3. The topological polar surface area (TPSA) is 76.2 Å². The molecule has 0 bridgehead atoms. The molecule has 0 spiro atoms. The van der Waals surface area contributed by atoms with E-state index < -0.39 is 0 Å². The zero-order chi connectivity index (χ0) is 21.6. The predicted molar refractivity (Wildman–Crippen MR) is 133 cm³/mol. The Balaban J connectivity index is 0.00000341. The number of nitrogens with zero attached hydrogens (tertiary/aromatic N) is 4. The summed E-state index contributed by atoms with van der Waals surface area (Å²) in [4.78, 5) is 17.1. The lowest BCUT2D eigenvalue weighted by atomic mass is 9.85. The highest BCUT2D eigenvalue weighted by molar-refractivity contribution is 14.0. The lowest BCUT2D eigenvalue weighted by Gasteiger charge is -2.24. The molecule has 3 rings (SSSR count). The third-order valence-corrected chi connectivity index (χ3v) is 5.45. The molecule has 0 amide bonds. The molecule has 0 radical (unpaired) electrons. The molecule has 0 saturated carbocycles. The van der Waals surface area contributed by atoms with Crippen LogP contribution < -0.4 is 16.3 Å². The third-order valence-electron chi connectivity index (χ3n) is 5.45. The fraction of sp³-hybridized carbons (Fsp3) is 0.591. The van der Waals surface area contributed by atoms with Crippen molar-refractivity contribution in [1.29, 1.82) is 0 Å². The third kappa shape index (κ3) is 6.78. The summed E-state index contributed by atoms with van der Waals surface area (Å²) in [6.45, 7) is 9.46. The summed E-state index contributed by atoms with van der Waals surface area (Å²) in [5.74, 6) is 1.40. The number of nitrogens with one attached hydrogen (secondary N) is 2. The van der Waals surface area contributed by atoms with E-state index in [9.17, 15) is 9.18 Å². The lowest BCUT2D eigenvalue weighted by Crippen LogP contribution is -2.39. The molecule has 0 atom stereocenters. The van der Waals surface area contributed by atoms with Gasteiger partial charge in [0.2, 0.25) is 0 Å². The second-order valence-electron chi connectivity index (χ2n) is 8.40. The van der Waals surface area contributed by atoms with E-state index in [1.54, 1.807) is 21.4 Å². The highest BCUT2D eigenvalue weighted by Crippen LogP contribution is 2.24. The van der Waals surface area contributed by atoms with Crippen molar-refractivity contribution >= 4 is 29.9 Å². The quantitative estimate of drug-likeness (QED) is 0.232. The van der Waals surface area contributed by atoms with Crippen LogP contribution in [0.2, 0.25) is 0 Å². The van der Waals surface area contributed by atoms with E-state index in [2.05, 4.69) is 29.6 Å². The number of guanidine groups is 1. The number of hydrogen-bond donors (Lipinski definition) is 2. The Kier molecular flexibility index (Phi) is 9.52. The predicted octanol–water partition coefficient (Wildman–Crippen LogP) is 3.06. The van der Waals surface area contributed by atoms with E-state index >= 15 is 0 Å². The van der Waals surface area contributed by atoms with E-state index in [4.69, 9.17) is 4.99 Å². The molecule has 1 aromatic carbocycles. The minimum Gasteiger partial charge on any atom is -0.357 e. The first-order valence-corrected chi connectivity index (χ1v) is 10.9. The van der Waals surface area contributed by atoms with Gasteiger partial charge in [-0.25, -0.2) is 13.9 Å². The second-order valence-corrected chi connectivity index (χ2v) is 8.40. The number of rotatable bonds is 8. The Labute approximate surface area is 200 Å². The Morgan fingerprint density at radius 2 is 2.10 bits per heavy atom. The van der Waals surface area contributed by atoms with Gasteiger partial charge in [0, 0.05) is 38.0 Å². The minimum absolute atomic E-state index is 0. The number of aliphatic imine (C=N–C) groups is 1. The average molecular weight is 544 g/mol. The maximum Gasteiger partial charge on any atom is 0.345 e. The molecule has 31 heavy (non-hydrogen) atoms. The molecule has 0 unspecified atom stereocenters. The molecule has 0 fully saturated rings. The summed E-state index contributed by atoms with van der Waals surface area (Å²) in [6, 6.07) is 6.69. The molecule has 9 heteroatoms. The highest BCUT2D eigenvalue weighted by Gasteiger charge is 2.21. The van der Waals surface area contributed by atoms with E-state index in [1.165, 1.54) is 6.07 Å². The van der Waals surface area contributed by atoms with E-state index in [0.29, 0.717) is 19.6 Å². The van der Waals surface area contributed by atoms with Crippen LogP contribution in [-0.2, 0) is 24.9 Å². The van der Waals surface area contributed by atoms with Gasteiger partial charge in [0.25, 0.3) is 0 Å². The standard InChI is InChI=1S/C22H33FN6O.HI/c1-4-24-20(26-16-22(2,3)17-9-7-10-18(23)15-17)25-12-8-14-29-21(30)28-13-6-5-11-19(28)27-29;/h7,9-10,15H,4-6,8,11-14,16H2,1-3H3,(H2,24,25,26);1H. The van der Waals surface area contributed by atoms with Gasteiger partial charge in [-0.1, -0.05) is 26.0 Å². The van der Waals surface area contributed by atoms with Gasteiger partial charge in [0.1, 0.15) is 11.6 Å². The number of benzene rings is 1. The SMILES string of the molecule is CCNC(=NCC(C)(C)c1cccc(F)c1)NCCCn1nc2n(c1=O)CCCC2.I. The van der Waals surface area contributed by atoms with Crippen molar-refractivity contribution in [2.45, 2.75) is 65.0 Å². The fourth-order valence-electron chi connectivity index (χ4n) is 3.65. The molecule has 2 N–H and O–H groups in total. The first-order valence-electron chi connectivity index (χ1n) is 10.9. The van der Waals surface area contributed by atoms with Gasteiger partial charge in [-0.05, 0) is 43.9 Å². The molecule has 7 nitrogen and oxygen atoms in total. The molecular formula is C22H34FIN6O. The summed E-state index contributed by atoms with van der Waals surface area (Å²) >= 11 is 0. The van der Waals surface area contributed by atoms with Gasteiger partial charge >= 0.3 is 5.69 Å². The molecule has 1 aromatic heterocycles. The van der Waals surface area contributed by atoms with Crippen molar-refractivity contribution in [3.8, 4) is 0 Å². The smallest absolute Gasteiger partial charge is 0.345 e. The Morgan fingerprint density at radius 3 is 2.81 bits per heavy atom. The fourth-order valence-corrected chi connectivity index (χ4v) is 3.65. The summed E-state index contributed by atoms with van der Waals surface area (Å²) in [6.07, 6.45) is 3.81. The van der Waals surface area contributed by atoms with Gasteiger partial charge in [-0.2, -0.15) is 5.10 Å². The van der Waals surface area contributed by atoms with Crippen LogP contribution in [0.5, 0.6) is 0 Å². The zero-order valence-electron chi connectivity index (χ0n) is 18.7. The minimum atomic E-state index is -0.284. The van der Waals surface area contributed by atoms with Gasteiger partial charge in [-0.3, -0.25) is 9.56 Å². The van der Waals surface area contributed by atoms with Crippen LogP contribution in [-0.4, -0.2) is 39.9 Å². The number of aryl methyl sites for hydroxylation is 2. The Hall–Kier alpha value is -1.91. The van der Waals surface area contributed by atoms with Gasteiger partial charge in [0.05, 0.1) is 6.54 Å². The van der Waals surface area contributed by atoms with Gasteiger partial charge in [0.15, 0.2) is 5.96 Å². The molecule has 2 aromatic rings. The molecule has 0 aliphatic carbocycles. The Bertz CT molecular complexity index is 936. The van der Waals surface area contributed by atoms with Crippen molar-refractivity contribution in [1.82, 2.24) is 25.0 Å². The molecule has 2 heterocycles. The molecule has 0 saturated heterocycles. The van der Waals surface area contributed by atoms with Crippen LogP contribution in [0.25, 0.3) is 0 Å². The molecule has 172 valence electrons. The van der Waals surface area contributed by atoms with E-state index in [-0.39, 0.29) is 40.9 Å². The van der Waals surface area contributed by atoms with E-state index in [1.807, 2.05) is 13.0 Å². The number of halogens is 2. The maximum absolute atomic E-state index is 13.6. The van der Waals surface area contributed by atoms with Crippen molar-refractivity contribution in [3.63, 3.8) is 0 Å². The van der Waals surface area contributed by atoms with Crippen molar-refractivity contribution in [2.75, 3.05) is 19.6 Å². The summed E-state index contributed by atoms with van der Waals surface area (Å²) in [5.41, 5.74) is 0.639. The normalized spacial score (nSPS) is 14.0. The van der Waals surface area contributed by atoms with Crippen molar-refractivity contribution < 1.29 is 4.39 Å². The van der Waals surface area contributed by atoms with Crippen LogP contribution >= 0.6 is 24.0 Å². The van der Waals surface area contributed by atoms with Crippen LogP contribution in [0.4, 0.5) is 4.39 Å². The molecule has 1 aliphatic heterocycles. The largest absolute Gasteiger partial charge is 0.357 e. The van der Waals surface area contributed by atoms with Gasteiger partial charge in [-0.15, -0.1) is 24.0 Å². The molecule has 1 aliphatic rings.